The van der Waals surface area contributed by atoms with E-state index in [2.05, 4.69) is 4.74 Å². The first-order chi connectivity index (χ1) is 9.26. The first-order valence-electron chi connectivity index (χ1n) is 5.46. The number of halogens is 2. The van der Waals surface area contributed by atoms with Gasteiger partial charge < -0.3 is 9.84 Å². The van der Waals surface area contributed by atoms with Crippen molar-refractivity contribution in [3.8, 4) is 0 Å². The van der Waals surface area contributed by atoms with Crippen molar-refractivity contribution in [2.45, 2.75) is 17.4 Å². The summed E-state index contributed by atoms with van der Waals surface area (Å²) in [5.41, 5.74) is 0. The summed E-state index contributed by atoms with van der Waals surface area (Å²) in [4.78, 5) is 10.2. The second-order valence-electron chi connectivity index (χ2n) is 3.90. The second kappa shape index (κ2) is 6.73. The lowest BCUT2D eigenvalue weighted by molar-refractivity contribution is -0.139. The van der Waals surface area contributed by atoms with Gasteiger partial charge in [-0.3, -0.25) is 4.79 Å². The third kappa shape index (κ3) is 4.51. The summed E-state index contributed by atoms with van der Waals surface area (Å²) in [5, 5.41) is 8.89. The number of benzene rings is 1. The van der Waals surface area contributed by atoms with Crippen LogP contribution in [0.2, 0.25) is 0 Å². The Morgan fingerprint density at radius 3 is 2.35 bits per heavy atom. The Balaban J connectivity index is 3.00. The van der Waals surface area contributed by atoms with Crippen molar-refractivity contribution in [3.63, 3.8) is 0 Å². The summed E-state index contributed by atoms with van der Waals surface area (Å²) in [7, 11) is -3.02. The van der Waals surface area contributed by atoms with Gasteiger partial charge >= 0.3 is 5.97 Å². The van der Waals surface area contributed by atoms with Crippen LogP contribution in [0.4, 0.5) is 8.78 Å². The molecule has 112 valence electrons. The molecule has 0 heterocycles. The van der Waals surface area contributed by atoms with Gasteiger partial charge in [0.25, 0.3) is 0 Å². The molecule has 1 atom stereocenters. The summed E-state index contributed by atoms with van der Waals surface area (Å²) >= 11 is 0. The highest BCUT2D eigenvalue weighted by atomic mass is 32.2. The zero-order valence-electron chi connectivity index (χ0n) is 10.5. The molecule has 0 aromatic heterocycles. The van der Waals surface area contributed by atoms with Crippen molar-refractivity contribution in [2.75, 3.05) is 13.7 Å². The van der Waals surface area contributed by atoms with Crippen LogP contribution < -0.4 is 4.72 Å². The van der Waals surface area contributed by atoms with Gasteiger partial charge in [0, 0.05) is 19.8 Å². The Bertz CT molecular complexity index is 570. The van der Waals surface area contributed by atoms with Gasteiger partial charge in [-0.05, 0) is 18.6 Å². The zero-order valence-corrected chi connectivity index (χ0v) is 11.3. The number of methoxy groups -OCH3 is 1. The van der Waals surface area contributed by atoms with Crippen molar-refractivity contribution in [2.24, 2.45) is 0 Å². The molecule has 0 aliphatic carbocycles. The molecular formula is C11H13F2NO5S. The molecule has 1 aromatic carbocycles. The zero-order chi connectivity index (χ0) is 15.3. The monoisotopic (exact) mass is 309 g/mol. The molecule has 0 radical (unpaired) electrons. The second-order valence-corrected chi connectivity index (χ2v) is 5.61. The summed E-state index contributed by atoms with van der Waals surface area (Å²) < 4.78 is 56.2. The maximum absolute atomic E-state index is 13.0. The molecule has 20 heavy (non-hydrogen) atoms. The van der Waals surface area contributed by atoms with E-state index in [0.717, 1.165) is 0 Å². The molecule has 0 saturated carbocycles. The largest absolute Gasteiger partial charge is 0.480 e. The Morgan fingerprint density at radius 1 is 1.35 bits per heavy atom. The first-order valence-corrected chi connectivity index (χ1v) is 6.95. The number of aliphatic carboxylic acids is 1. The van der Waals surface area contributed by atoms with Crippen molar-refractivity contribution in [1.82, 2.24) is 4.72 Å². The van der Waals surface area contributed by atoms with Crippen LogP contribution >= 0.6 is 0 Å². The molecule has 0 fully saturated rings. The molecule has 0 amide bonds. The molecule has 9 heteroatoms. The van der Waals surface area contributed by atoms with Crippen LogP contribution in [0.1, 0.15) is 6.42 Å². The Labute approximate surface area is 114 Å². The van der Waals surface area contributed by atoms with E-state index in [1.54, 1.807) is 0 Å². The predicted octanol–water partition coefficient (Wildman–Crippen LogP) is 0.733. The van der Waals surface area contributed by atoms with Gasteiger partial charge in [0.2, 0.25) is 10.0 Å². The Hall–Kier alpha value is -1.58. The molecule has 1 rings (SSSR count). The SMILES string of the molecule is COCCC(NS(=O)(=O)c1cc(F)cc(F)c1)C(=O)O. The fourth-order valence-electron chi connectivity index (χ4n) is 1.41. The Kier molecular flexibility index (Phi) is 5.54. The molecule has 2 N–H and O–H groups in total. The van der Waals surface area contributed by atoms with Gasteiger partial charge in [0.1, 0.15) is 17.7 Å². The lowest BCUT2D eigenvalue weighted by Crippen LogP contribution is -2.41. The fraction of sp³-hybridized carbons (Fsp3) is 0.364. The van der Waals surface area contributed by atoms with Gasteiger partial charge in [-0.15, -0.1) is 0 Å². The third-order valence-electron chi connectivity index (χ3n) is 2.35. The fourth-order valence-corrected chi connectivity index (χ4v) is 2.67. The molecule has 0 aliphatic rings. The molecule has 0 spiro atoms. The minimum absolute atomic E-state index is 0.0109. The molecule has 0 aliphatic heterocycles. The highest BCUT2D eigenvalue weighted by Gasteiger charge is 2.25. The molecule has 1 aromatic rings. The number of rotatable bonds is 7. The summed E-state index contributed by atoms with van der Waals surface area (Å²) in [6.45, 7) is 0.0109. The number of carbonyl (C=O) groups is 1. The summed E-state index contributed by atoms with van der Waals surface area (Å²) in [5.74, 6) is -3.56. The maximum Gasteiger partial charge on any atom is 0.321 e. The number of hydrogen-bond acceptors (Lipinski definition) is 4. The van der Waals surface area contributed by atoms with E-state index in [1.807, 2.05) is 4.72 Å². The Morgan fingerprint density at radius 2 is 1.90 bits per heavy atom. The minimum atomic E-state index is -4.35. The van der Waals surface area contributed by atoms with E-state index in [1.165, 1.54) is 7.11 Å². The van der Waals surface area contributed by atoms with Crippen LogP contribution in [0.15, 0.2) is 23.1 Å². The molecule has 0 saturated heterocycles. The average Bonchev–Trinajstić information content (AvgIpc) is 2.32. The highest BCUT2D eigenvalue weighted by molar-refractivity contribution is 7.89. The topological polar surface area (TPSA) is 92.7 Å². The standard InChI is InChI=1S/C11H13F2NO5S/c1-19-3-2-10(11(15)16)14-20(17,18)9-5-7(12)4-8(13)6-9/h4-6,10,14H,2-3H2,1H3,(H,15,16). The van der Waals surface area contributed by atoms with Crippen LogP contribution in [0.5, 0.6) is 0 Å². The quantitative estimate of drug-likeness (QED) is 0.774. The molecule has 6 nitrogen and oxygen atoms in total. The molecular weight excluding hydrogens is 296 g/mol. The van der Waals surface area contributed by atoms with Gasteiger partial charge in [-0.2, -0.15) is 4.72 Å². The minimum Gasteiger partial charge on any atom is -0.480 e. The summed E-state index contributed by atoms with van der Waals surface area (Å²) in [6.07, 6.45) is -0.122. The van der Waals surface area contributed by atoms with Crippen LogP contribution in [-0.4, -0.2) is 39.3 Å². The van der Waals surface area contributed by atoms with E-state index in [-0.39, 0.29) is 13.0 Å². The predicted molar refractivity (Wildman–Crippen MR) is 64.6 cm³/mol. The lowest BCUT2D eigenvalue weighted by atomic mass is 10.2. The highest BCUT2D eigenvalue weighted by Crippen LogP contribution is 2.14. The average molecular weight is 309 g/mol. The number of hydrogen-bond donors (Lipinski definition) is 2. The van der Waals surface area contributed by atoms with E-state index >= 15 is 0 Å². The van der Waals surface area contributed by atoms with E-state index in [4.69, 9.17) is 5.11 Å². The lowest BCUT2D eigenvalue weighted by Gasteiger charge is -2.14. The maximum atomic E-state index is 13.0. The first kappa shape index (κ1) is 16.5. The third-order valence-corrected chi connectivity index (χ3v) is 3.80. The van der Waals surface area contributed by atoms with Crippen molar-refractivity contribution in [3.05, 3.63) is 29.8 Å². The van der Waals surface area contributed by atoms with E-state index in [0.29, 0.717) is 18.2 Å². The van der Waals surface area contributed by atoms with Gasteiger partial charge in [0.15, 0.2) is 0 Å². The smallest absolute Gasteiger partial charge is 0.321 e. The van der Waals surface area contributed by atoms with Crippen LogP contribution in [0, 0.1) is 11.6 Å². The normalized spacial score (nSPS) is 13.2. The van der Waals surface area contributed by atoms with Gasteiger partial charge in [-0.1, -0.05) is 0 Å². The van der Waals surface area contributed by atoms with Crippen molar-refractivity contribution in [1.29, 1.82) is 0 Å². The van der Waals surface area contributed by atoms with Crippen LogP contribution in [-0.2, 0) is 19.6 Å². The van der Waals surface area contributed by atoms with Crippen molar-refractivity contribution >= 4 is 16.0 Å². The number of ether oxygens (including phenoxy) is 1. The summed E-state index contributed by atoms with van der Waals surface area (Å²) in [6, 6.07) is 0.256. The number of carboxylic acids is 1. The van der Waals surface area contributed by atoms with Crippen molar-refractivity contribution < 1.29 is 31.8 Å². The van der Waals surface area contributed by atoms with Crippen LogP contribution in [0.25, 0.3) is 0 Å². The van der Waals surface area contributed by atoms with E-state index < -0.39 is 38.6 Å². The van der Waals surface area contributed by atoms with E-state index in [9.17, 15) is 22.0 Å². The van der Waals surface area contributed by atoms with Gasteiger partial charge in [0.05, 0.1) is 4.90 Å². The molecule has 0 bridgehead atoms. The van der Waals surface area contributed by atoms with Gasteiger partial charge in [-0.25, -0.2) is 17.2 Å². The number of sulfonamides is 1. The number of nitrogens with one attached hydrogen (secondary N) is 1. The van der Waals surface area contributed by atoms with Crippen LogP contribution in [0.3, 0.4) is 0 Å². The molecule has 1 unspecified atom stereocenters. The number of carboxylic acid groups (broad SMARTS) is 1.